The van der Waals surface area contributed by atoms with Crippen LogP contribution in [0.4, 0.5) is 5.82 Å². The minimum atomic E-state index is 0.0428. The van der Waals surface area contributed by atoms with Crippen LogP contribution < -0.4 is 4.90 Å². The van der Waals surface area contributed by atoms with Crippen molar-refractivity contribution in [1.29, 1.82) is 0 Å². The second-order valence-electron chi connectivity index (χ2n) is 5.05. The van der Waals surface area contributed by atoms with Gasteiger partial charge in [-0.25, -0.2) is 0 Å². The van der Waals surface area contributed by atoms with E-state index in [0.29, 0.717) is 13.1 Å². The molecule has 1 amide bonds. The molecule has 2 aromatic rings. The van der Waals surface area contributed by atoms with Gasteiger partial charge in [-0.2, -0.15) is 0 Å². The molecule has 1 aliphatic rings. The highest BCUT2D eigenvalue weighted by Gasteiger charge is 2.21. The predicted octanol–water partition coefficient (Wildman–Crippen LogP) is 1.50. The van der Waals surface area contributed by atoms with Crippen LogP contribution in [0.5, 0.6) is 0 Å². The summed E-state index contributed by atoms with van der Waals surface area (Å²) in [6.07, 6.45) is 0. The topological polar surface area (TPSA) is 58.6 Å². The van der Waals surface area contributed by atoms with Crippen LogP contribution in [0.2, 0.25) is 0 Å². The average Bonchev–Trinajstić information content (AvgIpc) is 3.10. The SMILES string of the molecule is COCC(=O)N1CCN(c2ccc(-c3cccs3)nn2)CC1. The van der Waals surface area contributed by atoms with E-state index >= 15 is 0 Å². The first kappa shape index (κ1) is 14.9. The van der Waals surface area contributed by atoms with Crippen LogP contribution >= 0.6 is 11.3 Å². The van der Waals surface area contributed by atoms with E-state index in [9.17, 15) is 4.79 Å². The number of piperazine rings is 1. The zero-order valence-corrected chi connectivity index (χ0v) is 13.3. The van der Waals surface area contributed by atoms with Gasteiger partial charge < -0.3 is 14.5 Å². The molecule has 0 N–H and O–H groups in total. The van der Waals surface area contributed by atoms with Gasteiger partial charge in [-0.15, -0.1) is 21.5 Å². The molecule has 2 aromatic heterocycles. The molecule has 0 aromatic carbocycles. The van der Waals surface area contributed by atoms with Gasteiger partial charge in [0.2, 0.25) is 5.91 Å². The molecule has 3 rings (SSSR count). The van der Waals surface area contributed by atoms with E-state index in [4.69, 9.17) is 4.74 Å². The quantitative estimate of drug-likeness (QED) is 0.855. The van der Waals surface area contributed by atoms with Gasteiger partial charge in [0.05, 0.1) is 4.88 Å². The van der Waals surface area contributed by atoms with Gasteiger partial charge in [0, 0.05) is 33.3 Å². The van der Waals surface area contributed by atoms with Gasteiger partial charge in [0.25, 0.3) is 0 Å². The van der Waals surface area contributed by atoms with Gasteiger partial charge in [-0.3, -0.25) is 4.79 Å². The zero-order valence-electron chi connectivity index (χ0n) is 12.4. The van der Waals surface area contributed by atoms with Gasteiger partial charge in [-0.1, -0.05) is 6.07 Å². The van der Waals surface area contributed by atoms with Crippen molar-refractivity contribution in [2.24, 2.45) is 0 Å². The number of hydrogen-bond acceptors (Lipinski definition) is 6. The molecular weight excluding hydrogens is 300 g/mol. The van der Waals surface area contributed by atoms with Gasteiger partial charge in [-0.05, 0) is 23.6 Å². The lowest BCUT2D eigenvalue weighted by Gasteiger charge is -2.35. The molecular formula is C15H18N4O2S. The smallest absolute Gasteiger partial charge is 0.248 e. The monoisotopic (exact) mass is 318 g/mol. The fourth-order valence-electron chi connectivity index (χ4n) is 2.45. The zero-order chi connectivity index (χ0) is 15.4. The highest BCUT2D eigenvalue weighted by molar-refractivity contribution is 7.13. The molecule has 116 valence electrons. The number of ether oxygens (including phenoxy) is 1. The molecule has 22 heavy (non-hydrogen) atoms. The van der Waals surface area contributed by atoms with Gasteiger partial charge in [0.15, 0.2) is 5.82 Å². The summed E-state index contributed by atoms with van der Waals surface area (Å²) in [5, 5.41) is 10.6. The van der Waals surface area contributed by atoms with Crippen molar-refractivity contribution in [1.82, 2.24) is 15.1 Å². The standard InChI is InChI=1S/C15H18N4O2S/c1-21-11-15(20)19-8-6-18(7-9-19)14-5-4-12(16-17-14)13-3-2-10-22-13/h2-5,10H,6-9,11H2,1H3. The summed E-state index contributed by atoms with van der Waals surface area (Å²) in [7, 11) is 1.54. The lowest BCUT2D eigenvalue weighted by Crippen LogP contribution is -2.50. The van der Waals surface area contributed by atoms with E-state index < -0.39 is 0 Å². The Balaban J connectivity index is 1.61. The van der Waals surface area contributed by atoms with Crippen LogP contribution in [0.3, 0.4) is 0 Å². The van der Waals surface area contributed by atoms with E-state index in [1.165, 1.54) is 0 Å². The highest BCUT2D eigenvalue weighted by Crippen LogP contribution is 2.23. The number of methoxy groups -OCH3 is 1. The Morgan fingerprint density at radius 3 is 2.64 bits per heavy atom. The second-order valence-corrected chi connectivity index (χ2v) is 6.00. The minimum absolute atomic E-state index is 0.0428. The number of anilines is 1. The van der Waals surface area contributed by atoms with Crippen molar-refractivity contribution < 1.29 is 9.53 Å². The minimum Gasteiger partial charge on any atom is -0.375 e. The maximum absolute atomic E-state index is 11.8. The van der Waals surface area contributed by atoms with Crippen LogP contribution in [0.1, 0.15) is 0 Å². The first-order chi connectivity index (χ1) is 10.8. The van der Waals surface area contributed by atoms with Crippen molar-refractivity contribution in [2.45, 2.75) is 0 Å². The van der Waals surface area contributed by atoms with E-state index in [0.717, 1.165) is 29.5 Å². The van der Waals surface area contributed by atoms with Gasteiger partial charge >= 0.3 is 0 Å². The summed E-state index contributed by atoms with van der Waals surface area (Å²) in [5.41, 5.74) is 0.896. The third kappa shape index (κ3) is 3.26. The molecule has 0 bridgehead atoms. The van der Waals surface area contributed by atoms with Crippen molar-refractivity contribution in [3.63, 3.8) is 0 Å². The van der Waals surface area contributed by atoms with Crippen molar-refractivity contribution in [3.05, 3.63) is 29.6 Å². The summed E-state index contributed by atoms with van der Waals surface area (Å²) in [6.45, 7) is 3.06. The fourth-order valence-corrected chi connectivity index (χ4v) is 3.14. The Morgan fingerprint density at radius 2 is 2.05 bits per heavy atom. The van der Waals surface area contributed by atoms with Gasteiger partial charge in [0.1, 0.15) is 12.3 Å². The molecule has 7 heteroatoms. The number of hydrogen-bond donors (Lipinski definition) is 0. The molecule has 1 fully saturated rings. The fraction of sp³-hybridized carbons (Fsp3) is 0.400. The Bertz CT molecular complexity index is 607. The molecule has 0 aliphatic carbocycles. The third-order valence-electron chi connectivity index (χ3n) is 3.65. The molecule has 3 heterocycles. The third-order valence-corrected chi connectivity index (χ3v) is 4.54. The Kier molecular flexibility index (Phi) is 4.65. The van der Waals surface area contributed by atoms with Crippen LogP contribution in [-0.2, 0) is 9.53 Å². The Morgan fingerprint density at radius 1 is 1.23 bits per heavy atom. The first-order valence-corrected chi connectivity index (χ1v) is 8.05. The summed E-state index contributed by atoms with van der Waals surface area (Å²) in [6, 6.07) is 8.03. The summed E-state index contributed by atoms with van der Waals surface area (Å²) in [5.74, 6) is 0.903. The average molecular weight is 318 g/mol. The lowest BCUT2D eigenvalue weighted by molar-refractivity contribution is -0.135. The molecule has 0 spiro atoms. The van der Waals surface area contributed by atoms with E-state index in [-0.39, 0.29) is 12.5 Å². The second kappa shape index (κ2) is 6.85. The molecule has 1 saturated heterocycles. The van der Waals surface area contributed by atoms with Crippen LogP contribution in [0, 0.1) is 0 Å². The number of aromatic nitrogens is 2. The molecule has 1 aliphatic heterocycles. The van der Waals surface area contributed by atoms with Crippen LogP contribution in [-0.4, -0.2) is 60.9 Å². The van der Waals surface area contributed by atoms with Crippen molar-refractivity contribution >= 4 is 23.1 Å². The van der Waals surface area contributed by atoms with Crippen LogP contribution in [0.15, 0.2) is 29.6 Å². The highest BCUT2D eigenvalue weighted by atomic mass is 32.1. The van der Waals surface area contributed by atoms with Crippen LogP contribution in [0.25, 0.3) is 10.6 Å². The first-order valence-electron chi connectivity index (χ1n) is 7.17. The largest absolute Gasteiger partial charge is 0.375 e. The lowest BCUT2D eigenvalue weighted by atomic mass is 10.3. The Hall–Kier alpha value is -1.99. The van der Waals surface area contributed by atoms with E-state index in [2.05, 4.69) is 15.1 Å². The molecule has 0 atom stereocenters. The summed E-state index contributed by atoms with van der Waals surface area (Å²) < 4.78 is 4.89. The van der Waals surface area contributed by atoms with E-state index in [1.807, 2.05) is 34.5 Å². The predicted molar refractivity (Wildman–Crippen MR) is 86.0 cm³/mol. The number of nitrogens with zero attached hydrogens (tertiary/aromatic N) is 4. The molecule has 0 radical (unpaired) electrons. The number of amides is 1. The number of carbonyl (C=O) groups excluding carboxylic acids is 1. The van der Waals surface area contributed by atoms with Crippen molar-refractivity contribution in [2.75, 3.05) is 44.8 Å². The Labute approximate surface area is 133 Å². The maximum Gasteiger partial charge on any atom is 0.248 e. The molecule has 0 saturated carbocycles. The molecule has 6 nitrogen and oxygen atoms in total. The number of thiophene rings is 1. The number of rotatable bonds is 4. The van der Waals surface area contributed by atoms with E-state index in [1.54, 1.807) is 18.4 Å². The van der Waals surface area contributed by atoms with Crippen molar-refractivity contribution in [3.8, 4) is 10.6 Å². The normalized spacial score (nSPS) is 15.1. The molecule has 0 unspecified atom stereocenters. The summed E-state index contributed by atoms with van der Waals surface area (Å²) >= 11 is 1.65. The number of carbonyl (C=O) groups is 1. The maximum atomic E-state index is 11.8. The summed E-state index contributed by atoms with van der Waals surface area (Å²) in [4.78, 5) is 16.9.